The maximum Gasteiger partial charge on any atom is 0 e. The molecule has 0 saturated carbocycles. The average molecular weight is 264 g/mol. The van der Waals surface area contributed by atoms with Gasteiger partial charge in [-0.2, -0.15) is 0 Å². The maximum absolute atomic E-state index is 0. The van der Waals surface area contributed by atoms with E-state index in [4.69, 9.17) is 0 Å². The summed E-state index contributed by atoms with van der Waals surface area (Å²) in [5, 5.41) is 0. The Hall–Kier alpha value is 1.37. The van der Waals surface area contributed by atoms with E-state index in [0.717, 1.165) is 0 Å². The maximum atomic E-state index is 0. The average Bonchev–Trinajstić information content (AvgIpc) is 0. The fourth-order valence-corrected chi connectivity index (χ4v) is 0. The van der Waals surface area contributed by atoms with Gasteiger partial charge in [0.2, 0.25) is 0 Å². The van der Waals surface area contributed by atoms with E-state index in [1.807, 2.05) is 0 Å². The van der Waals surface area contributed by atoms with Crippen LogP contribution in [0.2, 0.25) is 0 Å². The van der Waals surface area contributed by atoms with Crippen LogP contribution in [0.15, 0.2) is 0 Å². The van der Waals surface area contributed by atoms with Gasteiger partial charge < -0.3 is 16.4 Å². The van der Waals surface area contributed by atoms with Crippen molar-refractivity contribution in [3.05, 3.63) is 0 Å². The van der Waals surface area contributed by atoms with Crippen LogP contribution < -0.4 is 0 Å². The zero-order valence-electron chi connectivity index (χ0n) is 3.08. The van der Waals surface area contributed by atoms with Crippen LogP contribution in [0.4, 0.5) is 0 Å². The van der Waals surface area contributed by atoms with Gasteiger partial charge in [0, 0.05) is 19.5 Å². The molecule has 0 aliphatic carbocycles. The van der Waals surface area contributed by atoms with Crippen molar-refractivity contribution >= 4 is 37.2 Å². The number of rotatable bonds is 0. The zero-order valence-corrected chi connectivity index (χ0v) is 7.27. The van der Waals surface area contributed by atoms with Crippen molar-refractivity contribution in [3.8, 4) is 0 Å². The molecule has 0 radical (unpaired) electrons. The molecule has 3 nitrogen and oxygen atoms in total. The van der Waals surface area contributed by atoms with Gasteiger partial charge in [-0.3, -0.25) is 0 Å². The minimum atomic E-state index is 0. The number of hydrogen-bond donors (Lipinski definition) is 0. The van der Waals surface area contributed by atoms with Gasteiger partial charge in [-0.15, -0.1) is 37.2 Å². The van der Waals surface area contributed by atoms with E-state index in [-0.39, 0.29) is 73.1 Å². The molecular formula is H9Cl3O3Ru. The molecule has 7 heavy (non-hydrogen) atoms. The Kier molecular flexibility index (Phi) is 5470. The van der Waals surface area contributed by atoms with Gasteiger partial charge in [-0.25, -0.2) is 0 Å². The van der Waals surface area contributed by atoms with Crippen LogP contribution in [0.3, 0.4) is 0 Å². The fourth-order valence-electron chi connectivity index (χ4n) is 0. The van der Waals surface area contributed by atoms with Crippen LogP contribution in [0, 0.1) is 0 Å². The van der Waals surface area contributed by atoms with Crippen molar-refractivity contribution in [2.75, 3.05) is 0 Å². The van der Waals surface area contributed by atoms with E-state index >= 15 is 0 Å². The van der Waals surface area contributed by atoms with Crippen LogP contribution in [0.5, 0.6) is 0 Å². The first-order chi connectivity index (χ1) is 0. The Morgan fingerprint density at radius 2 is 0.429 bits per heavy atom. The monoisotopic (exact) mass is 264 g/mol. The summed E-state index contributed by atoms with van der Waals surface area (Å²) in [6.45, 7) is 0. The molecule has 0 aromatic rings. The topological polar surface area (TPSA) is 94.5 Å². The van der Waals surface area contributed by atoms with Gasteiger partial charge in [0.1, 0.15) is 0 Å². The Morgan fingerprint density at radius 3 is 0.429 bits per heavy atom. The molecule has 0 fully saturated rings. The second-order valence-electron chi connectivity index (χ2n) is 0. The molecule has 0 heterocycles. The van der Waals surface area contributed by atoms with Gasteiger partial charge in [0.25, 0.3) is 0 Å². The predicted octanol–water partition coefficient (Wildman–Crippen LogP) is -1.21. The Balaban J connectivity index is 0. The van der Waals surface area contributed by atoms with Gasteiger partial charge in [-0.1, -0.05) is 0 Å². The molecule has 0 unspecified atom stereocenters. The summed E-state index contributed by atoms with van der Waals surface area (Å²) in [6, 6.07) is 0. The molecule has 0 aromatic heterocycles. The molecule has 0 aliphatic rings. The van der Waals surface area contributed by atoms with E-state index in [9.17, 15) is 0 Å². The van der Waals surface area contributed by atoms with Crippen LogP contribution >= 0.6 is 37.2 Å². The van der Waals surface area contributed by atoms with E-state index in [1.54, 1.807) is 0 Å². The second kappa shape index (κ2) is 159. The van der Waals surface area contributed by atoms with E-state index < -0.39 is 0 Å². The third-order valence-corrected chi connectivity index (χ3v) is 0. The van der Waals surface area contributed by atoms with E-state index in [2.05, 4.69) is 0 Å². The first-order valence-corrected chi connectivity index (χ1v) is 0. The molecule has 56 valence electrons. The van der Waals surface area contributed by atoms with Crippen molar-refractivity contribution in [2.45, 2.75) is 0 Å². The van der Waals surface area contributed by atoms with Crippen molar-refractivity contribution in [3.63, 3.8) is 0 Å². The SMILES string of the molecule is Cl.Cl.Cl.O.O.O.[Ru]. The molecule has 0 bridgehead atoms. The van der Waals surface area contributed by atoms with Gasteiger partial charge in [0.15, 0.2) is 0 Å². The summed E-state index contributed by atoms with van der Waals surface area (Å²) in [5.74, 6) is 0. The molecule has 0 aliphatic heterocycles. The molecule has 0 aromatic carbocycles. The minimum absolute atomic E-state index is 0. The fraction of sp³-hybridized carbons (Fsp3) is 0. The molecule has 6 N–H and O–H groups in total. The Labute approximate surface area is 73.2 Å². The summed E-state index contributed by atoms with van der Waals surface area (Å²) >= 11 is 0. The van der Waals surface area contributed by atoms with Gasteiger partial charge >= 0.3 is 0 Å². The van der Waals surface area contributed by atoms with Crippen molar-refractivity contribution in [1.82, 2.24) is 0 Å². The van der Waals surface area contributed by atoms with E-state index in [1.165, 1.54) is 0 Å². The Bertz CT molecular complexity index is 10.1. The van der Waals surface area contributed by atoms with Crippen LogP contribution in [-0.4, -0.2) is 16.4 Å². The summed E-state index contributed by atoms with van der Waals surface area (Å²) in [7, 11) is 0. The quantitative estimate of drug-likeness (QED) is 0.491. The van der Waals surface area contributed by atoms with Crippen LogP contribution in [0.1, 0.15) is 0 Å². The normalized spacial score (nSPS) is 0. The molecule has 0 rings (SSSR count). The molecule has 0 saturated heterocycles. The number of halogens is 3. The van der Waals surface area contributed by atoms with Gasteiger partial charge in [-0.05, 0) is 0 Å². The zero-order chi connectivity index (χ0) is 0. The third kappa shape index (κ3) is 113. The summed E-state index contributed by atoms with van der Waals surface area (Å²) in [5.41, 5.74) is 0. The Morgan fingerprint density at radius 1 is 0.429 bits per heavy atom. The van der Waals surface area contributed by atoms with E-state index in [0.29, 0.717) is 0 Å². The van der Waals surface area contributed by atoms with Crippen molar-refractivity contribution in [1.29, 1.82) is 0 Å². The molecule has 0 amide bonds. The predicted molar refractivity (Wildman–Crippen MR) is 32.6 cm³/mol. The van der Waals surface area contributed by atoms with Crippen molar-refractivity contribution in [2.24, 2.45) is 0 Å². The van der Waals surface area contributed by atoms with Gasteiger partial charge in [0.05, 0.1) is 0 Å². The van der Waals surface area contributed by atoms with Crippen molar-refractivity contribution < 1.29 is 35.9 Å². The second-order valence-corrected chi connectivity index (χ2v) is 0. The molecule has 7 heteroatoms. The summed E-state index contributed by atoms with van der Waals surface area (Å²) < 4.78 is 0. The molecule has 0 atom stereocenters. The minimum Gasteiger partial charge on any atom is -0.412 e. The standard InChI is InChI=1S/3ClH.3H2O.Ru/h3*1H;3*1H2;. The van der Waals surface area contributed by atoms with Crippen LogP contribution in [-0.2, 0) is 19.5 Å². The summed E-state index contributed by atoms with van der Waals surface area (Å²) in [4.78, 5) is 0. The molecular weight excluding hydrogens is 255 g/mol. The first-order valence-electron chi connectivity index (χ1n) is 0. The molecule has 0 spiro atoms. The smallest absolute Gasteiger partial charge is 0 e. The third-order valence-electron chi connectivity index (χ3n) is 0. The first kappa shape index (κ1) is 241. The summed E-state index contributed by atoms with van der Waals surface area (Å²) in [6.07, 6.45) is 0. The number of hydrogen-bond acceptors (Lipinski definition) is 0. The van der Waals surface area contributed by atoms with Crippen LogP contribution in [0.25, 0.3) is 0 Å². The largest absolute Gasteiger partial charge is 0.412 e.